The Hall–Kier alpha value is -2.40. The molecule has 0 aromatic heterocycles. The molecule has 2 aromatic carbocycles. The normalized spacial score (nSPS) is 15.3. The molecule has 0 radical (unpaired) electrons. The van der Waals surface area contributed by atoms with E-state index in [1.165, 1.54) is 0 Å². The van der Waals surface area contributed by atoms with Gasteiger partial charge in [0.1, 0.15) is 11.5 Å². The second-order valence-corrected chi connectivity index (χ2v) is 7.49. The van der Waals surface area contributed by atoms with E-state index in [1.54, 1.807) is 14.0 Å². The highest BCUT2D eigenvalue weighted by Gasteiger charge is 2.27. The van der Waals surface area contributed by atoms with Gasteiger partial charge in [-0.05, 0) is 56.2 Å². The van der Waals surface area contributed by atoms with Crippen molar-refractivity contribution >= 4 is 23.2 Å². The summed E-state index contributed by atoms with van der Waals surface area (Å²) in [4.78, 5) is 17.0. The lowest BCUT2D eigenvalue weighted by Crippen LogP contribution is -2.52. The Morgan fingerprint density at radius 1 is 1.07 bits per heavy atom. The molecule has 1 amide bonds. The van der Waals surface area contributed by atoms with E-state index in [1.807, 2.05) is 55.1 Å². The fourth-order valence-corrected chi connectivity index (χ4v) is 3.65. The minimum atomic E-state index is -0.544. The van der Waals surface area contributed by atoms with E-state index in [4.69, 9.17) is 21.1 Å². The third-order valence-electron chi connectivity index (χ3n) is 5.09. The molecule has 1 aliphatic rings. The van der Waals surface area contributed by atoms with E-state index in [0.717, 1.165) is 40.7 Å². The minimum absolute atomic E-state index is 0.00457. The maximum Gasteiger partial charge on any atom is 0.263 e. The number of benzene rings is 2. The molecule has 5 nitrogen and oxygen atoms in total. The molecular weight excluding hydrogens is 376 g/mol. The van der Waals surface area contributed by atoms with Gasteiger partial charge in [0.05, 0.1) is 12.8 Å². The Labute approximate surface area is 171 Å². The molecule has 6 heteroatoms. The number of hydrogen-bond acceptors (Lipinski definition) is 4. The number of methoxy groups -OCH3 is 1. The summed E-state index contributed by atoms with van der Waals surface area (Å²) in [5.41, 5.74) is 2.96. The number of aryl methyl sites for hydroxylation is 2. The van der Waals surface area contributed by atoms with Crippen molar-refractivity contribution in [3.8, 4) is 11.5 Å². The van der Waals surface area contributed by atoms with E-state index in [0.29, 0.717) is 18.8 Å². The second-order valence-electron chi connectivity index (χ2n) is 7.12. The Morgan fingerprint density at radius 3 is 2.29 bits per heavy atom. The number of nitrogens with zero attached hydrogens (tertiary/aromatic N) is 2. The summed E-state index contributed by atoms with van der Waals surface area (Å²) < 4.78 is 11.4. The van der Waals surface area contributed by atoms with E-state index in [2.05, 4.69) is 4.90 Å². The van der Waals surface area contributed by atoms with Crippen molar-refractivity contribution in [3.63, 3.8) is 0 Å². The van der Waals surface area contributed by atoms with Crippen molar-refractivity contribution in [1.29, 1.82) is 0 Å². The quantitative estimate of drug-likeness (QED) is 0.755. The zero-order valence-electron chi connectivity index (χ0n) is 16.9. The average Bonchev–Trinajstić information content (AvgIpc) is 2.71. The first-order valence-electron chi connectivity index (χ1n) is 9.51. The summed E-state index contributed by atoms with van der Waals surface area (Å²) in [5.74, 6) is 1.53. The third-order valence-corrected chi connectivity index (χ3v) is 5.68. The number of piperazine rings is 1. The standard InChI is InChI=1S/C22H27ClN2O3/c1-15-13-18(14-16(2)21(15)23)28-17(3)22(26)25-11-9-24(10-12-25)19-7-5-6-8-20(19)27-4/h5-8,13-14,17H,9-12H2,1-4H3/t17-/m0/s1. The molecule has 0 spiro atoms. The first-order chi connectivity index (χ1) is 13.4. The smallest absolute Gasteiger partial charge is 0.263 e. The zero-order valence-corrected chi connectivity index (χ0v) is 17.6. The van der Waals surface area contributed by atoms with Crippen molar-refractivity contribution in [2.24, 2.45) is 0 Å². The van der Waals surface area contributed by atoms with Crippen LogP contribution in [0.3, 0.4) is 0 Å². The van der Waals surface area contributed by atoms with Crippen molar-refractivity contribution in [2.45, 2.75) is 26.9 Å². The minimum Gasteiger partial charge on any atom is -0.495 e. The fourth-order valence-electron chi connectivity index (χ4n) is 3.54. The highest BCUT2D eigenvalue weighted by atomic mass is 35.5. The van der Waals surface area contributed by atoms with Gasteiger partial charge in [-0.15, -0.1) is 0 Å². The lowest BCUT2D eigenvalue weighted by atomic mass is 10.1. The van der Waals surface area contributed by atoms with Crippen LogP contribution in [0.25, 0.3) is 0 Å². The monoisotopic (exact) mass is 402 g/mol. The van der Waals surface area contributed by atoms with Crippen LogP contribution in [0.5, 0.6) is 11.5 Å². The highest BCUT2D eigenvalue weighted by Crippen LogP contribution is 2.29. The molecule has 1 atom stereocenters. The summed E-state index contributed by atoms with van der Waals surface area (Å²) in [6.45, 7) is 8.51. The molecule has 1 saturated heterocycles. The molecule has 28 heavy (non-hydrogen) atoms. The van der Waals surface area contributed by atoms with Crippen molar-refractivity contribution in [3.05, 3.63) is 52.5 Å². The van der Waals surface area contributed by atoms with Crippen LogP contribution in [-0.2, 0) is 4.79 Å². The molecule has 150 valence electrons. The predicted molar refractivity (Wildman–Crippen MR) is 113 cm³/mol. The van der Waals surface area contributed by atoms with Gasteiger partial charge in [0.2, 0.25) is 0 Å². The first kappa shape index (κ1) is 20.3. The molecule has 1 heterocycles. The molecule has 0 bridgehead atoms. The number of rotatable bonds is 5. The maximum absolute atomic E-state index is 12.8. The first-order valence-corrected chi connectivity index (χ1v) is 9.88. The van der Waals surface area contributed by atoms with Crippen LogP contribution in [0, 0.1) is 13.8 Å². The largest absolute Gasteiger partial charge is 0.495 e. The summed E-state index contributed by atoms with van der Waals surface area (Å²) in [6.07, 6.45) is -0.544. The Balaban J connectivity index is 1.60. The number of halogens is 1. The molecule has 1 aliphatic heterocycles. The molecule has 2 aromatic rings. The second kappa shape index (κ2) is 8.74. The molecule has 0 saturated carbocycles. The SMILES string of the molecule is COc1ccccc1N1CCN(C(=O)[C@H](C)Oc2cc(C)c(Cl)c(C)c2)CC1. The van der Waals surface area contributed by atoms with Gasteiger partial charge in [-0.1, -0.05) is 23.7 Å². The van der Waals surface area contributed by atoms with E-state index in [9.17, 15) is 4.79 Å². The molecule has 0 N–H and O–H groups in total. The number of para-hydroxylation sites is 2. The molecule has 3 rings (SSSR count). The van der Waals surface area contributed by atoms with Crippen LogP contribution in [0.1, 0.15) is 18.1 Å². The van der Waals surface area contributed by atoms with Crippen LogP contribution in [0.15, 0.2) is 36.4 Å². The molecule has 0 unspecified atom stereocenters. The van der Waals surface area contributed by atoms with Crippen molar-refractivity contribution in [2.75, 3.05) is 38.2 Å². The molecule has 1 fully saturated rings. The Morgan fingerprint density at radius 2 is 1.68 bits per heavy atom. The number of ether oxygens (including phenoxy) is 2. The van der Waals surface area contributed by atoms with Gasteiger partial charge in [-0.2, -0.15) is 0 Å². The third kappa shape index (κ3) is 4.36. The topological polar surface area (TPSA) is 42.0 Å². The van der Waals surface area contributed by atoms with Crippen LogP contribution >= 0.6 is 11.6 Å². The predicted octanol–water partition coefficient (Wildman–Crippen LogP) is 4.08. The Bertz CT molecular complexity index is 824. The number of hydrogen-bond donors (Lipinski definition) is 0. The summed E-state index contributed by atoms with van der Waals surface area (Å²) in [7, 11) is 1.68. The zero-order chi connectivity index (χ0) is 20.3. The van der Waals surface area contributed by atoms with Gasteiger partial charge in [0.25, 0.3) is 5.91 Å². The van der Waals surface area contributed by atoms with Gasteiger partial charge in [0, 0.05) is 31.2 Å². The molecular formula is C22H27ClN2O3. The Kier molecular flexibility index (Phi) is 6.35. The van der Waals surface area contributed by atoms with Crippen LogP contribution in [0.2, 0.25) is 5.02 Å². The number of anilines is 1. The van der Waals surface area contributed by atoms with E-state index in [-0.39, 0.29) is 5.91 Å². The van der Waals surface area contributed by atoms with E-state index < -0.39 is 6.10 Å². The maximum atomic E-state index is 12.8. The van der Waals surface area contributed by atoms with Crippen LogP contribution in [-0.4, -0.2) is 50.2 Å². The lowest BCUT2D eigenvalue weighted by Gasteiger charge is -2.37. The van der Waals surface area contributed by atoms with Gasteiger partial charge < -0.3 is 19.3 Å². The van der Waals surface area contributed by atoms with Crippen molar-refractivity contribution < 1.29 is 14.3 Å². The number of amides is 1. The van der Waals surface area contributed by atoms with Gasteiger partial charge in [0.15, 0.2) is 6.10 Å². The van der Waals surface area contributed by atoms with Crippen LogP contribution in [0.4, 0.5) is 5.69 Å². The average molecular weight is 403 g/mol. The fraction of sp³-hybridized carbons (Fsp3) is 0.409. The van der Waals surface area contributed by atoms with Crippen LogP contribution < -0.4 is 14.4 Å². The summed E-state index contributed by atoms with van der Waals surface area (Å²) >= 11 is 6.21. The lowest BCUT2D eigenvalue weighted by molar-refractivity contribution is -0.138. The van der Waals surface area contributed by atoms with Crippen molar-refractivity contribution in [1.82, 2.24) is 4.90 Å². The highest BCUT2D eigenvalue weighted by molar-refractivity contribution is 6.32. The number of carbonyl (C=O) groups excluding carboxylic acids is 1. The molecule has 0 aliphatic carbocycles. The number of carbonyl (C=O) groups is 1. The van der Waals surface area contributed by atoms with Gasteiger partial charge in [-0.3, -0.25) is 4.79 Å². The van der Waals surface area contributed by atoms with Gasteiger partial charge >= 0.3 is 0 Å². The van der Waals surface area contributed by atoms with Gasteiger partial charge in [-0.25, -0.2) is 0 Å². The summed E-state index contributed by atoms with van der Waals surface area (Å²) in [5, 5.41) is 0.735. The summed E-state index contributed by atoms with van der Waals surface area (Å²) in [6, 6.07) is 11.7. The van der Waals surface area contributed by atoms with E-state index >= 15 is 0 Å².